The Labute approximate surface area is 305 Å². The monoisotopic (exact) mass is 683 g/mol. The van der Waals surface area contributed by atoms with Crippen molar-refractivity contribution in [3.8, 4) is 45.3 Å². The molecule has 53 heavy (non-hydrogen) atoms. The molecule has 1 spiro atoms. The molecule has 3 heterocycles. The minimum Gasteiger partial charge on any atom is -0.456 e. The van der Waals surface area contributed by atoms with Gasteiger partial charge in [0, 0.05) is 49.2 Å². The van der Waals surface area contributed by atoms with E-state index < -0.39 is 0 Å². The predicted molar refractivity (Wildman–Crippen MR) is 209 cm³/mol. The number of nitrogens with zero attached hydrogens (tertiary/aromatic N) is 3. The van der Waals surface area contributed by atoms with E-state index in [0.717, 1.165) is 72.4 Å². The molecule has 0 saturated heterocycles. The van der Waals surface area contributed by atoms with Crippen molar-refractivity contribution >= 4 is 43.9 Å². The topological polar surface area (TPSA) is 65.0 Å². The fourth-order valence-corrected chi connectivity index (χ4v) is 11.7. The van der Waals surface area contributed by atoms with Crippen LogP contribution in [0.15, 0.2) is 136 Å². The van der Waals surface area contributed by atoms with Gasteiger partial charge in [-0.25, -0.2) is 15.0 Å². The Morgan fingerprint density at radius 2 is 1.23 bits per heavy atom. The molecule has 5 aliphatic carbocycles. The summed E-state index contributed by atoms with van der Waals surface area (Å²) >= 11 is 0. The Morgan fingerprint density at radius 1 is 0.509 bits per heavy atom. The summed E-state index contributed by atoms with van der Waals surface area (Å²) in [7, 11) is 0. The lowest BCUT2D eigenvalue weighted by atomic mass is 9.59. The molecule has 252 valence electrons. The van der Waals surface area contributed by atoms with Crippen LogP contribution in [-0.4, -0.2) is 15.0 Å². The summed E-state index contributed by atoms with van der Waals surface area (Å²) in [4.78, 5) is 15.8. The van der Waals surface area contributed by atoms with Gasteiger partial charge in [0.2, 0.25) is 0 Å². The van der Waals surface area contributed by atoms with Gasteiger partial charge in [-0.2, -0.15) is 0 Å². The van der Waals surface area contributed by atoms with Crippen LogP contribution in [0.4, 0.5) is 0 Å². The van der Waals surface area contributed by atoms with E-state index >= 15 is 0 Å². The van der Waals surface area contributed by atoms with Crippen molar-refractivity contribution in [1.82, 2.24) is 15.0 Å². The first-order valence-corrected chi connectivity index (χ1v) is 19.0. The molecule has 4 saturated carbocycles. The average molecular weight is 684 g/mol. The fraction of sp³-hybridized carbons (Fsp3) is 0.188. The summed E-state index contributed by atoms with van der Waals surface area (Å²) in [5, 5.41) is 4.34. The van der Waals surface area contributed by atoms with E-state index in [9.17, 15) is 0 Å². The summed E-state index contributed by atoms with van der Waals surface area (Å²) < 4.78 is 13.3. The highest BCUT2D eigenvalue weighted by Gasteiger charge is 2.66. The van der Waals surface area contributed by atoms with Crippen LogP contribution in [0.25, 0.3) is 89.2 Å². The predicted octanol–water partition coefficient (Wildman–Crippen LogP) is 12.0. The van der Waals surface area contributed by atoms with Crippen molar-refractivity contribution in [2.45, 2.75) is 31.1 Å². The van der Waals surface area contributed by atoms with Crippen molar-refractivity contribution in [2.24, 2.45) is 23.7 Å². The largest absolute Gasteiger partial charge is 0.456 e. The Balaban J connectivity index is 1.12. The first kappa shape index (κ1) is 28.5. The van der Waals surface area contributed by atoms with E-state index in [1.807, 2.05) is 36.4 Å². The standard InChI is InChI=1S/C48H33N3O2/c1-2-10-27(11-3-1)45-49-46(28-18-19-41-34(24-28)32-13-5-8-16-39(32)52-41)51-47(50-45)36-25-35-31-12-4-7-15-37(31)48(30-21-26-20-29(23-30)38(48)22-26)43(35)44-42(36)33-14-6-9-17-40(33)53-44/h1-19,24-26,29-30,38H,20-23H2. The molecule has 0 amide bonds. The van der Waals surface area contributed by atoms with E-state index in [-0.39, 0.29) is 5.41 Å². The van der Waals surface area contributed by atoms with E-state index in [1.54, 1.807) is 0 Å². The molecular formula is C48H33N3O2. The molecule has 5 aliphatic rings. The molecule has 14 rings (SSSR count). The second-order valence-corrected chi connectivity index (χ2v) is 15.9. The van der Waals surface area contributed by atoms with Crippen LogP contribution >= 0.6 is 0 Å². The van der Waals surface area contributed by atoms with Gasteiger partial charge < -0.3 is 8.83 Å². The molecule has 0 radical (unpaired) electrons. The average Bonchev–Trinajstić information content (AvgIpc) is 3.98. The lowest BCUT2D eigenvalue weighted by Crippen LogP contribution is -2.40. The van der Waals surface area contributed by atoms with Crippen molar-refractivity contribution < 1.29 is 8.83 Å². The summed E-state index contributed by atoms with van der Waals surface area (Å²) in [5.41, 5.74) is 12.0. The molecule has 5 heteroatoms. The van der Waals surface area contributed by atoms with Crippen LogP contribution in [0.3, 0.4) is 0 Å². The van der Waals surface area contributed by atoms with Crippen LogP contribution in [0.2, 0.25) is 0 Å². The molecule has 0 N–H and O–H groups in total. The molecule has 5 nitrogen and oxygen atoms in total. The number of para-hydroxylation sites is 2. The first-order chi connectivity index (χ1) is 26.2. The summed E-state index contributed by atoms with van der Waals surface area (Å²) in [5.74, 6) is 4.88. The van der Waals surface area contributed by atoms with Gasteiger partial charge in [-0.15, -0.1) is 0 Å². The maximum atomic E-state index is 7.12. The van der Waals surface area contributed by atoms with E-state index in [0.29, 0.717) is 29.3 Å². The number of furan rings is 2. The zero-order valence-electron chi connectivity index (χ0n) is 28.9. The number of hydrogen-bond donors (Lipinski definition) is 0. The number of aromatic nitrogens is 3. The molecule has 5 unspecified atom stereocenters. The van der Waals surface area contributed by atoms with Gasteiger partial charge in [0.25, 0.3) is 0 Å². The Hall–Kier alpha value is -6.07. The van der Waals surface area contributed by atoms with Gasteiger partial charge in [0.1, 0.15) is 22.3 Å². The summed E-state index contributed by atoms with van der Waals surface area (Å²) in [6.07, 6.45) is 5.35. The third kappa shape index (κ3) is 3.65. The molecule has 9 aromatic rings. The van der Waals surface area contributed by atoms with Crippen LogP contribution in [-0.2, 0) is 5.41 Å². The molecule has 4 bridgehead atoms. The fourth-order valence-electron chi connectivity index (χ4n) is 11.7. The first-order valence-electron chi connectivity index (χ1n) is 19.0. The second-order valence-electron chi connectivity index (χ2n) is 15.9. The maximum Gasteiger partial charge on any atom is 0.164 e. The summed E-state index contributed by atoms with van der Waals surface area (Å²) in [6.45, 7) is 0. The zero-order chi connectivity index (χ0) is 34.4. The maximum absolute atomic E-state index is 7.12. The van der Waals surface area contributed by atoms with Crippen molar-refractivity contribution in [3.63, 3.8) is 0 Å². The highest BCUT2D eigenvalue weighted by Crippen LogP contribution is 2.74. The number of rotatable bonds is 3. The van der Waals surface area contributed by atoms with Gasteiger partial charge in [-0.05, 0) is 102 Å². The van der Waals surface area contributed by atoms with Crippen LogP contribution in [0.5, 0.6) is 0 Å². The van der Waals surface area contributed by atoms with Gasteiger partial charge >= 0.3 is 0 Å². The van der Waals surface area contributed by atoms with Crippen LogP contribution in [0.1, 0.15) is 36.8 Å². The molecule has 4 fully saturated rings. The van der Waals surface area contributed by atoms with Gasteiger partial charge in [-0.3, -0.25) is 0 Å². The van der Waals surface area contributed by atoms with Crippen molar-refractivity contribution in [1.29, 1.82) is 0 Å². The third-order valence-corrected chi connectivity index (χ3v) is 13.5. The normalized spacial score (nSPS) is 23.6. The number of hydrogen-bond acceptors (Lipinski definition) is 5. The highest BCUT2D eigenvalue weighted by molar-refractivity contribution is 6.16. The molecule has 6 aromatic carbocycles. The zero-order valence-corrected chi connectivity index (χ0v) is 28.9. The highest BCUT2D eigenvalue weighted by atomic mass is 16.3. The van der Waals surface area contributed by atoms with Gasteiger partial charge in [-0.1, -0.05) is 91.0 Å². The molecule has 0 aliphatic heterocycles. The second kappa shape index (κ2) is 10.1. The number of fused-ring (bicyclic) bond motifs is 10. The Morgan fingerprint density at radius 3 is 2.09 bits per heavy atom. The van der Waals surface area contributed by atoms with E-state index in [2.05, 4.69) is 91.0 Å². The van der Waals surface area contributed by atoms with Crippen LogP contribution < -0.4 is 0 Å². The van der Waals surface area contributed by atoms with E-state index in [4.69, 9.17) is 23.8 Å². The van der Waals surface area contributed by atoms with Crippen molar-refractivity contribution in [3.05, 3.63) is 139 Å². The lowest BCUT2D eigenvalue weighted by Gasteiger charge is -2.43. The Bertz CT molecular complexity index is 3010. The van der Waals surface area contributed by atoms with Crippen molar-refractivity contribution in [2.75, 3.05) is 0 Å². The minimum absolute atomic E-state index is 0.0174. The number of benzene rings is 6. The smallest absolute Gasteiger partial charge is 0.164 e. The molecular weight excluding hydrogens is 651 g/mol. The SMILES string of the molecule is c1ccc(-c2nc(-c3ccc4oc5ccccc5c4c3)nc(-c3cc4c(c5oc6ccccc6c35)C3(c5ccccc5-4)C4CC5CC(C4)C3C5)n2)cc1. The van der Waals surface area contributed by atoms with Gasteiger partial charge in [0.15, 0.2) is 17.5 Å². The summed E-state index contributed by atoms with van der Waals surface area (Å²) in [6, 6.07) is 44.9. The molecule has 3 aromatic heterocycles. The minimum atomic E-state index is -0.0174. The third-order valence-electron chi connectivity index (χ3n) is 13.5. The quantitative estimate of drug-likeness (QED) is 0.185. The van der Waals surface area contributed by atoms with Gasteiger partial charge in [0.05, 0.1) is 0 Å². The van der Waals surface area contributed by atoms with Crippen LogP contribution in [0, 0.1) is 23.7 Å². The molecule has 5 atom stereocenters. The van der Waals surface area contributed by atoms with E-state index in [1.165, 1.54) is 47.9 Å². The Kier molecular flexibility index (Phi) is 5.42. The lowest BCUT2D eigenvalue weighted by molar-refractivity contribution is 0.191.